The Hall–Kier alpha value is -2.54. The highest BCUT2D eigenvalue weighted by Crippen LogP contribution is 2.32. The van der Waals surface area contributed by atoms with Crippen molar-refractivity contribution in [1.82, 2.24) is 4.98 Å². The molecular formula is C14H13FN2O4. The summed E-state index contributed by atoms with van der Waals surface area (Å²) in [5, 5.41) is 20.4. The van der Waals surface area contributed by atoms with Crippen LogP contribution < -0.4 is 4.74 Å². The van der Waals surface area contributed by atoms with Gasteiger partial charge in [-0.05, 0) is 32.0 Å². The molecular weight excluding hydrogens is 279 g/mol. The first-order chi connectivity index (χ1) is 9.90. The standard InChI is InChI=1S/C14H13FN2O4/c1-8-6-13(11(15)7-12(8)17(19)20)21-14-10(9(2)18)4-3-5-16-14/h3-7,9,18H,1-2H3/t9-/m0/s1. The maximum Gasteiger partial charge on any atom is 0.275 e. The Kier molecular flexibility index (Phi) is 4.13. The summed E-state index contributed by atoms with van der Waals surface area (Å²) in [6.07, 6.45) is 0.605. The van der Waals surface area contributed by atoms with Crippen LogP contribution in [0.4, 0.5) is 10.1 Å². The molecule has 7 heteroatoms. The van der Waals surface area contributed by atoms with E-state index in [1.165, 1.54) is 26.1 Å². The van der Waals surface area contributed by atoms with Crippen molar-refractivity contribution in [1.29, 1.82) is 0 Å². The van der Waals surface area contributed by atoms with Gasteiger partial charge in [0.25, 0.3) is 5.69 Å². The summed E-state index contributed by atoms with van der Waals surface area (Å²) in [6.45, 7) is 3.01. The number of aliphatic hydroxyl groups excluding tert-OH is 1. The number of rotatable bonds is 4. The Labute approximate surface area is 120 Å². The lowest BCUT2D eigenvalue weighted by Gasteiger charge is -2.12. The minimum atomic E-state index is -0.866. The predicted molar refractivity (Wildman–Crippen MR) is 72.7 cm³/mol. The topological polar surface area (TPSA) is 85.5 Å². The monoisotopic (exact) mass is 292 g/mol. The second-order valence-corrected chi connectivity index (χ2v) is 4.50. The summed E-state index contributed by atoms with van der Waals surface area (Å²) in [5.74, 6) is -0.993. The summed E-state index contributed by atoms with van der Waals surface area (Å²) < 4.78 is 19.2. The van der Waals surface area contributed by atoms with E-state index in [4.69, 9.17) is 4.74 Å². The quantitative estimate of drug-likeness (QED) is 0.690. The van der Waals surface area contributed by atoms with E-state index in [1.54, 1.807) is 12.1 Å². The van der Waals surface area contributed by atoms with Crippen molar-refractivity contribution in [2.45, 2.75) is 20.0 Å². The Bertz CT molecular complexity index is 689. The molecule has 1 aromatic carbocycles. The van der Waals surface area contributed by atoms with E-state index >= 15 is 0 Å². The number of aryl methyl sites for hydroxylation is 1. The molecule has 21 heavy (non-hydrogen) atoms. The van der Waals surface area contributed by atoms with Crippen molar-refractivity contribution >= 4 is 5.69 Å². The van der Waals surface area contributed by atoms with Crippen molar-refractivity contribution in [3.8, 4) is 11.6 Å². The predicted octanol–water partition coefficient (Wildman–Crippen LogP) is 3.28. The summed E-state index contributed by atoms with van der Waals surface area (Å²) in [4.78, 5) is 14.0. The molecule has 2 rings (SSSR count). The molecule has 1 atom stereocenters. The van der Waals surface area contributed by atoms with Crippen LogP contribution in [-0.2, 0) is 0 Å². The summed E-state index contributed by atoms with van der Waals surface area (Å²) in [5.41, 5.74) is 0.343. The molecule has 0 radical (unpaired) electrons. The van der Waals surface area contributed by atoms with Crippen molar-refractivity contribution in [2.75, 3.05) is 0 Å². The molecule has 0 saturated carbocycles. The summed E-state index contributed by atoms with van der Waals surface area (Å²) >= 11 is 0. The van der Waals surface area contributed by atoms with E-state index < -0.39 is 16.8 Å². The van der Waals surface area contributed by atoms with Gasteiger partial charge in [-0.2, -0.15) is 0 Å². The van der Waals surface area contributed by atoms with Crippen LogP contribution >= 0.6 is 0 Å². The lowest BCUT2D eigenvalue weighted by atomic mass is 10.1. The van der Waals surface area contributed by atoms with Gasteiger partial charge in [0.1, 0.15) is 0 Å². The minimum Gasteiger partial charge on any atom is -0.436 e. The van der Waals surface area contributed by atoms with Gasteiger partial charge in [0.05, 0.1) is 17.1 Å². The van der Waals surface area contributed by atoms with E-state index in [2.05, 4.69) is 4.98 Å². The van der Waals surface area contributed by atoms with Crippen LogP contribution in [-0.4, -0.2) is 15.0 Å². The molecule has 0 spiro atoms. The number of ether oxygens (including phenoxy) is 1. The van der Waals surface area contributed by atoms with E-state index in [-0.39, 0.29) is 22.9 Å². The van der Waals surface area contributed by atoms with Crippen molar-refractivity contribution in [2.24, 2.45) is 0 Å². The van der Waals surface area contributed by atoms with Crippen LogP contribution in [0.25, 0.3) is 0 Å². The van der Waals surface area contributed by atoms with E-state index in [0.29, 0.717) is 5.56 Å². The van der Waals surface area contributed by atoms with Gasteiger partial charge in [0.2, 0.25) is 5.88 Å². The summed E-state index contributed by atoms with van der Waals surface area (Å²) in [7, 11) is 0. The van der Waals surface area contributed by atoms with Gasteiger partial charge in [0.15, 0.2) is 11.6 Å². The molecule has 0 amide bonds. The molecule has 1 aromatic heterocycles. The van der Waals surface area contributed by atoms with Gasteiger partial charge in [-0.25, -0.2) is 9.37 Å². The van der Waals surface area contributed by atoms with E-state index in [9.17, 15) is 19.6 Å². The van der Waals surface area contributed by atoms with Gasteiger partial charge in [-0.1, -0.05) is 0 Å². The average molecular weight is 292 g/mol. The van der Waals surface area contributed by atoms with E-state index in [1.807, 2.05) is 0 Å². The third-order valence-corrected chi connectivity index (χ3v) is 2.90. The fourth-order valence-corrected chi connectivity index (χ4v) is 1.83. The Morgan fingerprint density at radius 2 is 2.19 bits per heavy atom. The second kappa shape index (κ2) is 5.84. The number of halogens is 1. The number of hydrogen-bond acceptors (Lipinski definition) is 5. The lowest BCUT2D eigenvalue weighted by molar-refractivity contribution is -0.385. The highest BCUT2D eigenvalue weighted by Gasteiger charge is 2.18. The minimum absolute atomic E-state index is 0.0552. The highest BCUT2D eigenvalue weighted by molar-refractivity contribution is 5.46. The van der Waals surface area contributed by atoms with Gasteiger partial charge in [0, 0.05) is 17.3 Å². The average Bonchev–Trinajstić information content (AvgIpc) is 2.42. The fraction of sp³-hybridized carbons (Fsp3) is 0.214. The normalized spacial score (nSPS) is 12.0. The number of aliphatic hydroxyl groups is 1. The zero-order valence-electron chi connectivity index (χ0n) is 11.4. The Balaban J connectivity index is 2.41. The molecule has 0 bridgehead atoms. The number of pyridine rings is 1. The largest absolute Gasteiger partial charge is 0.436 e. The molecule has 6 nitrogen and oxygen atoms in total. The van der Waals surface area contributed by atoms with Crippen molar-refractivity contribution in [3.05, 3.63) is 57.5 Å². The van der Waals surface area contributed by atoms with Gasteiger partial charge < -0.3 is 9.84 Å². The van der Waals surface area contributed by atoms with Gasteiger partial charge in [-0.3, -0.25) is 10.1 Å². The molecule has 0 aliphatic rings. The number of nitro groups is 1. The Morgan fingerprint density at radius 3 is 2.81 bits per heavy atom. The van der Waals surface area contributed by atoms with Crippen molar-refractivity contribution < 1.29 is 19.2 Å². The number of benzene rings is 1. The lowest BCUT2D eigenvalue weighted by Crippen LogP contribution is -2.00. The van der Waals surface area contributed by atoms with Crippen molar-refractivity contribution in [3.63, 3.8) is 0 Å². The third-order valence-electron chi connectivity index (χ3n) is 2.90. The molecule has 0 aliphatic carbocycles. The molecule has 0 unspecified atom stereocenters. The molecule has 110 valence electrons. The first-order valence-electron chi connectivity index (χ1n) is 6.15. The maximum atomic E-state index is 13.9. The van der Waals surface area contributed by atoms with E-state index in [0.717, 1.165) is 6.07 Å². The SMILES string of the molecule is Cc1cc(Oc2ncccc2[C@H](C)O)c(F)cc1[N+](=O)[O-]. The maximum absolute atomic E-state index is 13.9. The highest BCUT2D eigenvalue weighted by atomic mass is 19.1. The number of nitrogens with zero attached hydrogens (tertiary/aromatic N) is 2. The molecule has 2 aromatic rings. The number of nitro benzene ring substituents is 1. The van der Waals surface area contributed by atoms with Crippen LogP contribution in [0.5, 0.6) is 11.6 Å². The first kappa shape index (κ1) is 14.9. The number of hydrogen-bond donors (Lipinski definition) is 1. The zero-order valence-corrected chi connectivity index (χ0v) is 11.4. The Morgan fingerprint density at radius 1 is 1.48 bits per heavy atom. The first-order valence-corrected chi connectivity index (χ1v) is 6.15. The van der Waals surface area contributed by atoms with Crippen LogP contribution in [0.1, 0.15) is 24.2 Å². The second-order valence-electron chi connectivity index (χ2n) is 4.50. The molecule has 0 aliphatic heterocycles. The van der Waals surface area contributed by atoms with Crippen LogP contribution in [0, 0.1) is 22.9 Å². The van der Waals surface area contributed by atoms with Crippen LogP contribution in [0.3, 0.4) is 0 Å². The number of aromatic nitrogens is 1. The smallest absolute Gasteiger partial charge is 0.275 e. The van der Waals surface area contributed by atoms with Crippen LogP contribution in [0.2, 0.25) is 0 Å². The van der Waals surface area contributed by atoms with Gasteiger partial charge >= 0.3 is 0 Å². The fourth-order valence-electron chi connectivity index (χ4n) is 1.83. The van der Waals surface area contributed by atoms with Crippen LogP contribution in [0.15, 0.2) is 30.5 Å². The molecule has 0 saturated heterocycles. The molecule has 0 fully saturated rings. The third kappa shape index (κ3) is 3.14. The zero-order chi connectivity index (χ0) is 15.6. The van der Waals surface area contributed by atoms with Gasteiger partial charge in [-0.15, -0.1) is 0 Å². The molecule has 1 heterocycles. The summed E-state index contributed by atoms with van der Waals surface area (Å²) in [6, 6.07) is 5.25. The molecule has 1 N–H and O–H groups in total.